The molecule has 0 saturated carbocycles. The largest absolute Gasteiger partial charge is 0.497 e. The number of rotatable bonds is 7. The van der Waals surface area contributed by atoms with Crippen molar-refractivity contribution in [3.63, 3.8) is 0 Å². The lowest BCUT2D eigenvalue weighted by Crippen LogP contribution is -2.47. The molecule has 0 unspecified atom stereocenters. The van der Waals surface area contributed by atoms with Crippen LogP contribution < -0.4 is 10.1 Å². The van der Waals surface area contributed by atoms with E-state index in [1.54, 1.807) is 18.9 Å². The summed E-state index contributed by atoms with van der Waals surface area (Å²) < 4.78 is 29.0. The number of fused-ring (bicyclic) bond motifs is 1. The number of sulfone groups is 1. The second-order valence-electron chi connectivity index (χ2n) is 9.39. The molecule has 35 heavy (non-hydrogen) atoms. The molecular weight excluding hydrogens is 480 g/mol. The van der Waals surface area contributed by atoms with E-state index in [9.17, 15) is 13.2 Å². The van der Waals surface area contributed by atoms with E-state index in [1.807, 2.05) is 36.4 Å². The van der Waals surface area contributed by atoms with Gasteiger partial charge >= 0.3 is 0 Å². The lowest BCUT2D eigenvalue weighted by atomic mass is 10.1. The van der Waals surface area contributed by atoms with Crippen LogP contribution in [-0.2, 0) is 21.2 Å². The Morgan fingerprint density at radius 1 is 1.09 bits per heavy atom. The topological polar surface area (TPSA) is 75.7 Å². The molecule has 0 aromatic heterocycles. The van der Waals surface area contributed by atoms with Gasteiger partial charge in [-0.25, -0.2) is 8.42 Å². The van der Waals surface area contributed by atoms with Crippen LogP contribution in [0, 0.1) is 0 Å². The average Bonchev–Trinajstić information content (AvgIpc) is 3.41. The first-order chi connectivity index (χ1) is 16.9. The summed E-state index contributed by atoms with van der Waals surface area (Å²) in [5.41, 5.74) is 1.17. The van der Waals surface area contributed by atoms with E-state index in [0.29, 0.717) is 13.0 Å². The van der Waals surface area contributed by atoms with E-state index in [0.717, 1.165) is 23.6 Å². The van der Waals surface area contributed by atoms with E-state index >= 15 is 0 Å². The third-order valence-electron chi connectivity index (χ3n) is 6.81. The predicted molar refractivity (Wildman–Crippen MR) is 141 cm³/mol. The molecule has 0 bridgehead atoms. The van der Waals surface area contributed by atoms with Crippen LogP contribution in [-0.4, -0.2) is 61.7 Å². The summed E-state index contributed by atoms with van der Waals surface area (Å²) in [6.45, 7) is 1.45. The zero-order valence-corrected chi connectivity index (χ0v) is 21.4. The third-order valence-corrected chi connectivity index (χ3v) is 9.80. The summed E-state index contributed by atoms with van der Waals surface area (Å²) in [5, 5.41) is 5.67. The minimum atomic E-state index is -3.05. The van der Waals surface area contributed by atoms with E-state index in [4.69, 9.17) is 4.74 Å². The van der Waals surface area contributed by atoms with Crippen molar-refractivity contribution in [2.75, 3.05) is 25.2 Å². The first kappa shape index (κ1) is 24.2. The Morgan fingerprint density at radius 2 is 1.86 bits per heavy atom. The molecule has 2 saturated heterocycles. The Kier molecular flexibility index (Phi) is 7.05. The molecule has 5 rings (SSSR count). The molecule has 0 aliphatic carbocycles. The van der Waals surface area contributed by atoms with Crippen molar-refractivity contribution in [1.82, 2.24) is 10.2 Å². The number of thioether (sulfide) groups is 1. The van der Waals surface area contributed by atoms with Crippen LogP contribution in [0.1, 0.15) is 18.4 Å². The molecule has 2 fully saturated rings. The number of nitrogens with one attached hydrogen (secondary N) is 1. The van der Waals surface area contributed by atoms with Crippen molar-refractivity contribution < 1.29 is 17.9 Å². The molecule has 2 heterocycles. The minimum Gasteiger partial charge on any atom is -0.497 e. The Morgan fingerprint density at radius 3 is 2.57 bits per heavy atom. The SMILES string of the molecule is COc1ccc(S[C@@H]2C[C@@H](C(=O)N[C@@H]3CCS(=O)(=O)C3)N(Cc3ccc4ccccc4c3)C2)cc1. The van der Waals surface area contributed by atoms with Gasteiger partial charge in [0, 0.05) is 29.3 Å². The summed E-state index contributed by atoms with van der Waals surface area (Å²) >= 11 is 1.78. The molecule has 184 valence electrons. The van der Waals surface area contributed by atoms with Crippen molar-refractivity contribution >= 4 is 38.3 Å². The monoisotopic (exact) mass is 510 g/mol. The number of nitrogens with zero attached hydrogens (tertiary/aromatic N) is 1. The van der Waals surface area contributed by atoms with Gasteiger partial charge in [0.2, 0.25) is 5.91 Å². The number of likely N-dealkylation sites (tertiary alicyclic amines) is 1. The van der Waals surface area contributed by atoms with Gasteiger partial charge in [-0.2, -0.15) is 0 Å². The Labute approximate surface area is 211 Å². The summed E-state index contributed by atoms with van der Waals surface area (Å²) in [4.78, 5) is 16.7. The Bertz CT molecular complexity index is 1310. The quantitative estimate of drug-likeness (QED) is 0.520. The number of carbonyl (C=O) groups excluding carboxylic acids is 1. The van der Waals surface area contributed by atoms with Gasteiger partial charge in [0.1, 0.15) is 5.75 Å². The van der Waals surface area contributed by atoms with Gasteiger partial charge in [-0.15, -0.1) is 11.8 Å². The fourth-order valence-corrected chi connectivity index (χ4v) is 7.92. The van der Waals surface area contributed by atoms with Crippen molar-refractivity contribution in [3.8, 4) is 5.75 Å². The molecule has 1 N–H and O–H groups in total. The van der Waals surface area contributed by atoms with Gasteiger partial charge in [0.25, 0.3) is 0 Å². The molecular formula is C27H30N2O4S2. The maximum atomic E-state index is 13.3. The second kappa shape index (κ2) is 10.2. The van der Waals surface area contributed by atoms with E-state index < -0.39 is 9.84 Å². The molecule has 3 aromatic carbocycles. The lowest BCUT2D eigenvalue weighted by molar-refractivity contribution is -0.126. The van der Waals surface area contributed by atoms with Crippen molar-refractivity contribution in [3.05, 3.63) is 72.3 Å². The number of benzene rings is 3. The maximum Gasteiger partial charge on any atom is 0.237 e. The molecule has 2 aliphatic heterocycles. The van der Waals surface area contributed by atoms with E-state index in [-0.39, 0.29) is 34.7 Å². The van der Waals surface area contributed by atoms with E-state index in [1.165, 1.54) is 16.3 Å². The highest BCUT2D eigenvalue weighted by Crippen LogP contribution is 2.35. The number of methoxy groups -OCH3 is 1. The van der Waals surface area contributed by atoms with Gasteiger partial charge in [-0.1, -0.05) is 36.4 Å². The van der Waals surface area contributed by atoms with Gasteiger partial charge in [0.15, 0.2) is 9.84 Å². The van der Waals surface area contributed by atoms with Crippen LogP contribution in [0.4, 0.5) is 0 Å². The van der Waals surface area contributed by atoms with Gasteiger partial charge in [-0.3, -0.25) is 9.69 Å². The van der Waals surface area contributed by atoms with Gasteiger partial charge in [0.05, 0.1) is 24.7 Å². The van der Waals surface area contributed by atoms with Crippen molar-refractivity contribution in [1.29, 1.82) is 0 Å². The molecule has 0 radical (unpaired) electrons. The average molecular weight is 511 g/mol. The smallest absolute Gasteiger partial charge is 0.237 e. The highest BCUT2D eigenvalue weighted by Gasteiger charge is 2.39. The summed E-state index contributed by atoms with van der Waals surface area (Å²) in [7, 11) is -1.39. The molecule has 1 amide bonds. The number of ether oxygens (including phenoxy) is 1. The number of hydrogen-bond donors (Lipinski definition) is 1. The minimum absolute atomic E-state index is 0.0418. The second-order valence-corrected chi connectivity index (χ2v) is 13.0. The number of carbonyl (C=O) groups is 1. The maximum absolute atomic E-state index is 13.3. The highest BCUT2D eigenvalue weighted by molar-refractivity contribution is 8.00. The van der Waals surface area contributed by atoms with Crippen LogP contribution in [0.3, 0.4) is 0 Å². The summed E-state index contributed by atoms with van der Waals surface area (Å²) in [5.74, 6) is 0.952. The standard InChI is InChI=1S/C27H30N2O4S2/c1-33-23-8-10-24(11-9-23)34-25-15-26(27(30)28-22-12-13-35(31,32)18-22)29(17-25)16-19-6-7-20-4-2-3-5-21(20)14-19/h2-11,14,22,25-26H,12-13,15-18H2,1H3,(H,28,30)/t22-,25-,26+/m1/s1. The van der Waals surface area contributed by atoms with Crippen LogP contribution in [0.5, 0.6) is 5.75 Å². The molecule has 0 spiro atoms. The normalized spacial score (nSPS) is 24.0. The summed E-state index contributed by atoms with van der Waals surface area (Å²) in [6.07, 6.45) is 1.21. The number of amides is 1. The number of hydrogen-bond acceptors (Lipinski definition) is 6. The predicted octanol–water partition coefficient (Wildman–Crippen LogP) is 3.89. The first-order valence-corrected chi connectivity index (χ1v) is 14.6. The summed E-state index contributed by atoms with van der Waals surface area (Å²) in [6, 6.07) is 22.2. The third kappa shape index (κ3) is 5.82. The van der Waals surface area contributed by atoms with Gasteiger partial charge < -0.3 is 10.1 Å². The molecule has 2 aliphatic rings. The lowest BCUT2D eigenvalue weighted by Gasteiger charge is -2.25. The first-order valence-electron chi connectivity index (χ1n) is 11.9. The van der Waals surface area contributed by atoms with Crippen LogP contribution in [0.15, 0.2) is 71.6 Å². The van der Waals surface area contributed by atoms with Gasteiger partial charge in [-0.05, 0) is 59.5 Å². The van der Waals surface area contributed by atoms with E-state index in [2.05, 4.69) is 40.5 Å². The highest BCUT2D eigenvalue weighted by atomic mass is 32.2. The van der Waals surface area contributed by atoms with Crippen molar-refractivity contribution in [2.24, 2.45) is 0 Å². The molecule has 6 nitrogen and oxygen atoms in total. The zero-order valence-electron chi connectivity index (χ0n) is 19.7. The van der Waals surface area contributed by atoms with Crippen LogP contribution >= 0.6 is 11.8 Å². The van der Waals surface area contributed by atoms with Crippen LogP contribution in [0.25, 0.3) is 10.8 Å². The zero-order chi connectivity index (χ0) is 24.4. The molecule has 8 heteroatoms. The molecule has 3 aromatic rings. The Hall–Kier alpha value is -2.55. The fourth-order valence-electron chi connectivity index (χ4n) is 5.02. The Balaban J connectivity index is 1.33. The van der Waals surface area contributed by atoms with Crippen LogP contribution in [0.2, 0.25) is 0 Å². The fraction of sp³-hybridized carbons (Fsp3) is 0.370. The molecule has 3 atom stereocenters. The van der Waals surface area contributed by atoms with Crippen molar-refractivity contribution in [2.45, 2.75) is 41.6 Å².